The number of nitrogens with one attached hydrogen (secondary N) is 1. The Hall–Kier alpha value is -2.14. The standard InChI is InChI=1S/C19H23NO3S/c1-14-4-5-15(2)18(12-14)24-13-19(21)20-10-11-23-17-8-6-16(22-3)7-9-17/h4-9,12H,10-11,13H2,1-3H3,(H,20,21). The summed E-state index contributed by atoms with van der Waals surface area (Å²) in [5, 5.41) is 2.87. The molecule has 0 saturated carbocycles. The molecule has 0 aliphatic rings. The number of hydrogen-bond donors (Lipinski definition) is 1. The van der Waals surface area contributed by atoms with Gasteiger partial charge in [0, 0.05) is 4.90 Å². The molecule has 0 spiro atoms. The van der Waals surface area contributed by atoms with Crippen molar-refractivity contribution in [3.05, 3.63) is 53.6 Å². The van der Waals surface area contributed by atoms with Crippen LogP contribution >= 0.6 is 11.8 Å². The maximum atomic E-state index is 11.9. The van der Waals surface area contributed by atoms with E-state index < -0.39 is 0 Å². The van der Waals surface area contributed by atoms with Crippen molar-refractivity contribution in [2.75, 3.05) is 26.0 Å². The first-order valence-corrected chi connectivity index (χ1v) is 8.80. The van der Waals surface area contributed by atoms with Crippen LogP contribution in [-0.4, -0.2) is 31.9 Å². The highest BCUT2D eigenvalue weighted by Crippen LogP contribution is 2.23. The van der Waals surface area contributed by atoms with Crippen LogP contribution in [0.3, 0.4) is 0 Å². The summed E-state index contributed by atoms with van der Waals surface area (Å²) < 4.78 is 10.7. The third-order valence-electron chi connectivity index (χ3n) is 3.45. The first kappa shape index (κ1) is 18.2. The Bertz CT molecular complexity index is 671. The van der Waals surface area contributed by atoms with Gasteiger partial charge in [-0.15, -0.1) is 11.8 Å². The Morgan fingerprint density at radius 2 is 1.79 bits per heavy atom. The Labute approximate surface area is 147 Å². The fraction of sp³-hybridized carbons (Fsp3) is 0.316. The van der Waals surface area contributed by atoms with Gasteiger partial charge in [0.1, 0.15) is 18.1 Å². The van der Waals surface area contributed by atoms with Crippen LogP contribution in [0.5, 0.6) is 11.5 Å². The molecule has 2 rings (SSSR count). The number of benzene rings is 2. The van der Waals surface area contributed by atoms with E-state index in [4.69, 9.17) is 9.47 Å². The molecule has 1 amide bonds. The summed E-state index contributed by atoms with van der Waals surface area (Å²) in [5.74, 6) is 1.97. The van der Waals surface area contributed by atoms with E-state index in [0.29, 0.717) is 18.9 Å². The normalized spacial score (nSPS) is 10.3. The van der Waals surface area contributed by atoms with Gasteiger partial charge >= 0.3 is 0 Å². The SMILES string of the molecule is COc1ccc(OCCNC(=O)CSc2cc(C)ccc2C)cc1. The highest BCUT2D eigenvalue weighted by atomic mass is 32.2. The van der Waals surface area contributed by atoms with Crippen molar-refractivity contribution in [2.45, 2.75) is 18.7 Å². The minimum atomic E-state index is 0.0132. The molecule has 2 aromatic rings. The first-order valence-electron chi connectivity index (χ1n) is 7.82. The van der Waals surface area contributed by atoms with Crippen LogP contribution in [0.1, 0.15) is 11.1 Å². The van der Waals surface area contributed by atoms with E-state index in [1.165, 1.54) is 11.1 Å². The van der Waals surface area contributed by atoms with Gasteiger partial charge in [0.25, 0.3) is 0 Å². The molecular weight excluding hydrogens is 322 g/mol. The lowest BCUT2D eigenvalue weighted by atomic mass is 10.2. The van der Waals surface area contributed by atoms with E-state index in [-0.39, 0.29) is 5.91 Å². The number of ether oxygens (including phenoxy) is 2. The second-order valence-electron chi connectivity index (χ2n) is 5.43. The number of amides is 1. The fourth-order valence-electron chi connectivity index (χ4n) is 2.09. The summed E-state index contributed by atoms with van der Waals surface area (Å²) >= 11 is 1.56. The second-order valence-corrected chi connectivity index (χ2v) is 6.45. The third-order valence-corrected chi connectivity index (χ3v) is 4.61. The number of thioether (sulfide) groups is 1. The van der Waals surface area contributed by atoms with Crippen molar-refractivity contribution in [3.63, 3.8) is 0 Å². The molecule has 0 atom stereocenters. The number of hydrogen-bond acceptors (Lipinski definition) is 4. The Kier molecular flexibility index (Phi) is 7.00. The highest BCUT2D eigenvalue weighted by molar-refractivity contribution is 8.00. The molecule has 128 valence electrons. The van der Waals surface area contributed by atoms with Crippen molar-refractivity contribution in [3.8, 4) is 11.5 Å². The molecule has 0 bridgehead atoms. The highest BCUT2D eigenvalue weighted by Gasteiger charge is 2.05. The summed E-state index contributed by atoms with van der Waals surface area (Å²) in [7, 11) is 1.63. The van der Waals surface area contributed by atoms with Gasteiger partial charge in [-0.2, -0.15) is 0 Å². The van der Waals surface area contributed by atoms with E-state index in [9.17, 15) is 4.79 Å². The Balaban J connectivity index is 1.66. The molecule has 4 nitrogen and oxygen atoms in total. The molecule has 0 fully saturated rings. The van der Waals surface area contributed by atoms with E-state index in [0.717, 1.165) is 16.4 Å². The zero-order chi connectivity index (χ0) is 17.4. The molecule has 1 N–H and O–H groups in total. The first-order chi connectivity index (χ1) is 11.6. The largest absolute Gasteiger partial charge is 0.497 e. The number of methoxy groups -OCH3 is 1. The molecule has 0 aromatic heterocycles. The minimum absolute atomic E-state index is 0.0132. The van der Waals surface area contributed by atoms with Gasteiger partial charge in [-0.25, -0.2) is 0 Å². The van der Waals surface area contributed by atoms with E-state index in [1.54, 1.807) is 18.9 Å². The van der Waals surface area contributed by atoms with E-state index in [2.05, 4.69) is 37.4 Å². The van der Waals surface area contributed by atoms with Crippen LogP contribution < -0.4 is 14.8 Å². The Morgan fingerprint density at radius 1 is 1.08 bits per heavy atom. The number of aryl methyl sites for hydroxylation is 2. The average molecular weight is 345 g/mol. The van der Waals surface area contributed by atoms with Crippen LogP contribution in [0, 0.1) is 13.8 Å². The molecule has 2 aromatic carbocycles. The summed E-state index contributed by atoms with van der Waals surface area (Å²) in [6.45, 7) is 5.03. The van der Waals surface area contributed by atoms with Crippen LogP contribution in [0.2, 0.25) is 0 Å². The van der Waals surface area contributed by atoms with Gasteiger partial charge < -0.3 is 14.8 Å². The van der Waals surface area contributed by atoms with Crippen LogP contribution in [0.25, 0.3) is 0 Å². The van der Waals surface area contributed by atoms with Gasteiger partial charge in [0.2, 0.25) is 5.91 Å². The van der Waals surface area contributed by atoms with Crippen LogP contribution in [-0.2, 0) is 4.79 Å². The quantitative estimate of drug-likeness (QED) is 0.587. The number of carbonyl (C=O) groups excluding carboxylic acids is 1. The summed E-state index contributed by atoms with van der Waals surface area (Å²) in [6, 6.07) is 13.6. The van der Waals surface area contributed by atoms with Crippen LogP contribution in [0.4, 0.5) is 0 Å². The number of carbonyl (C=O) groups is 1. The molecule has 0 radical (unpaired) electrons. The van der Waals surface area contributed by atoms with Crippen molar-refractivity contribution in [1.82, 2.24) is 5.32 Å². The second kappa shape index (κ2) is 9.23. The predicted octanol–water partition coefficient (Wildman–Crippen LogP) is 3.60. The van der Waals surface area contributed by atoms with Crippen molar-refractivity contribution in [1.29, 1.82) is 0 Å². The lowest BCUT2D eigenvalue weighted by Gasteiger charge is -2.09. The molecule has 0 aliphatic heterocycles. The topological polar surface area (TPSA) is 47.6 Å². The predicted molar refractivity (Wildman–Crippen MR) is 98.1 cm³/mol. The molecular formula is C19H23NO3S. The van der Waals surface area contributed by atoms with Crippen molar-refractivity contribution >= 4 is 17.7 Å². The summed E-state index contributed by atoms with van der Waals surface area (Å²) in [5.41, 5.74) is 2.40. The van der Waals surface area contributed by atoms with Gasteiger partial charge in [0.05, 0.1) is 19.4 Å². The average Bonchev–Trinajstić information content (AvgIpc) is 2.60. The zero-order valence-electron chi connectivity index (χ0n) is 14.3. The van der Waals surface area contributed by atoms with Gasteiger partial charge in [0.15, 0.2) is 0 Å². The van der Waals surface area contributed by atoms with Gasteiger partial charge in [-0.1, -0.05) is 17.7 Å². The smallest absolute Gasteiger partial charge is 0.230 e. The van der Waals surface area contributed by atoms with Gasteiger partial charge in [-0.05, 0) is 49.7 Å². The Morgan fingerprint density at radius 3 is 2.50 bits per heavy atom. The third kappa shape index (κ3) is 5.81. The van der Waals surface area contributed by atoms with Crippen LogP contribution in [0.15, 0.2) is 47.4 Å². The maximum Gasteiger partial charge on any atom is 0.230 e. The lowest BCUT2D eigenvalue weighted by Crippen LogP contribution is -2.29. The molecule has 0 heterocycles. The lowest BCUT2D eigenvalue weighted by molar-refractivity contribution is -0.118. The fourth-order valence-corrected chi connectivity index (χ4v) is 3.04. The van der Waals surface area contributed by atoms with Crippen molar-refractivity contribution in [2.24, 2.45) is 0 Å². The monoisotopic (exact) mass is 345 g/mol. The van der Waals surface area contributed by atoms with E-state index in [1.807, 2.05) is 24.3 Å². The minimum Gasteiger partial charge on any atom is -0.497 e. The van der Waals surface area contributed by atoms with E-state index >= 15 is 0 Å². The summed E-state index contributed by atoms with van der Waals surface area (Å²) in [4.78, 5) is 13.1. The number of rotatable bonds is 8. The molecule has 0 unspecified atom stereocenters. The zero-order valence-corrected chi connectivity index (χ0v) is 15.1. The summed E-state index contributed by atoms with van der Waals surface area (Å²) in [6.07, 6.45) is 0. The molecule has 5 heteroatoms. The molecule has 24 heavy (non-hydrogen) atoms. The maximum absolute atomic E-state index is 11.9. The van der Waals surface area contributed by atoms with Crippen molar-refractivity contribution < 1.29 is 14.3 Å². The molecule has 0 saturated heterocycles. The molecule has 0 aliphatic carbocycles. The van der Waals surface area contributed by atoms with Gasteiger partial charge in [-0.3, -0.25) is 4.79 Å².